The fourth-order valence-corrected chi connectivity index (χ4v) is 4.95. The normalized spacial score (nSPS) is 36.5. The molecule has 1 N–H and O–H groups in total. The van der Waals surface area contributed by atoms with E-state index in [9.17, 15) is 0 Å². The summed E-state index contributed by atoms with van der Waals surface area (Å²) in [5, 5.41) is 9.06. The molecule has 0 saturated carbocycles. The second-order valence-electron chi connectivity index (χ2n) is 7.38. The molecular formula is C17H33N5O. The van der Waals surface area contributed by atoms with Gasteiger partial charge in [-0.3, -0.25) is 9.80 Å². The molecular weight excluding hydrogens is 290 g/mol. The Labute approximate surface area is 140 Å². The summed E-state index contributed by atoms with van der Waals surface area (Å²) in [5.74, 6) is 0.0620. The Morgan fingerprint density at radius 1 is 0.696 bits per heavy atom. The van der Waals surface area contributed by atoms with E-state index in [0.717, 1.165) is 45.9 Å². The maximum Gasteiger partial charge on any atom is 0.156 e. The monoisotopic (exact) mass is 323 g/mol. The summed E-state index contributed by atoms with van der Waals surface area (Å²) in [6.45, 7) is 12.1. The highest BCUT2D eigenvalue weighted by Crippen LogP contribution is 2.34. The summed E-state index contributed by atoms with van der Waals surface area (Å²) in [6, 6.07) is 0. The van der Waals surface area contributed by atoms with Crippen molar-refractivity contribution in [2.45, 2.75) is 37.9 Å². The van der Waals surface area contributed by atoms with Crippen LogP contribution < -0.4 is 5.32 Å². The number of nitrogens with zero attached hydrogens (tertiary/aromatic N) is 4. The molecule has 23 heavy (non-hydrogen) atoms. The van der Waals surface area contributed by atoms with Crippen LogP contribution in [0.25, 0.3) is 0 Å². The number of morpholine rings is 1. The van der Waals surface area contributed by atoms with E-state index < -0.39 is 0 Å². The van der Waals surface area contributed by atoms with Crippen molar-refractivity contribution >= 4 is 0 Å². The van der Waals surface area contributed by atoms with Gasteiger partial charge in [-0.15, -0.1) is 0 Å². The summed E-state index contributed by atoms with van der Waals surface area (Å²) >= 11 is 0. The quantitative estimate of drug-likeness (QED) is 0.809. The first kappa shape index (κ1) is 16.2. The molecule has 4 fully saturated rings. The van der Waals surface area contributed by atoms with Crippen molar-refractivity contribution in [3.05, 3.63) is 0 Å². The van der Waals surface area contributed by atoms with Crippen molar-refractivity contribution in [1.29, 1.82) is 0 Å². The summed E-state index contributed by atoms with van der Waals surface area (Å²) in [4.78, 5) is 5.57. The Hall–Kier alpha value is -0.240. The van der Waals surface area contributed by atoms with Crippen LogP contribution in [0, 0.1) is 0 Å². The zero-order chi connectivity index (χ0) is 15.5. The van der Waals surface area contributed by atoms with Crippen molar-refractivity contribution in [2.75, 3.05) is 72.1 Å². The van der Waals surface area contributed by atoms with Gasteiger partial charge in [0, 0.05) is 58.9 Å². The van der Waals surface area contributed by atoms with Gasteiger partial charge in [-0.25, -0.2) is 10.0 Å². The molecule has 4 aliphatic rings. The Morgan fingerprint density at radius 3 is 1.96 bits per heavy atom. The summed E-state index contributed by atoms with van der Waals surface area (Å²) in [6.07, 6.45) is 6.82. The van der Waals surface area contributed by atoms with Crippen molar-refractivity contribution in [3.63, 3.8) is 0 Å². The maximum absolute atomic E-state index is 5.62. The number of hydrazine groups is 1. The second kappa shape index (κ2) is 7.33. The van der Waals surface area contributed by atoms with E-state index >= 15 is 0 Å². The zero-order valence-corrected chi connectivity index (χ0v) is 14.5. The lowest BCUT2D eigenvalue weighted by molar-refractivity contribution is -0.266. The first-order valence-corrected chi connectivity index (χ1v) is 9.72. The van der Waals surface area contributed by atoms with E-state index in [0.29, 0.717) is 0 Å². The lowest BCUT2D eigenvalue weighted by atomic mass is 10.1. The van der Waals surface area contributed by atoms with Crippen molar-refractivity contribution in [2.24, 2.45) is 0 Å². The molecule has 6 heteroatoms. The van der Waals surface area contributed by atoms with Gasteiger partial charge < -0.3 is 10.1 Å². The third-order valence-corrected chi connectivity index (χ3v) is 6.08. The van der Waals surface area contributed by atoms with Crippen LogP contribution in [0.3, 0.4) is 0 Å². The van der Waals surface area contributed by atoms with E-state index in [1.54, 1.807) is 0 Å². The molecule has 0 spiro atoms. The van der Waals surface area contributed by atoms with E-state index in [1.165, 1.54) is 58.3 Å². The minimum Gasteiger partial charge on any atom is -0.379 e. The van der Waals surface area contributed by atoms with Gasteiger partial charge in [0.1, 0.15) is 0 Å². The molecule has 1 unspecified atom stereocenters. The molecule has 0 aromatic rings. The number of piperidine rings is 1. The molecule has 4 saturated heterocycles. The second-order valence-corrected chi connectivity index (χ2v) is 7.38. The van der Waals surface area contributed by atoms with Crippen LogP contribution in [0.5, 0.6) is 0 Å². The van der Waals surface area contributed by atoms with Gasteiger partial charge >= 0.3 is 0 Å². The molecule has 0 aromatic carbocycles. The Bertz CT molecular complexity index is 377. The highest BCUT2D eigenvalue weighted by Gasteiger charge is 2.51. The smallest absolute Gasteiger partial charge is 0.156 e. The fraction of sp³-hybridized carbons (Fsp3) is 1.00. The van der Waals surface area contributed by atoms with Crippen LogP contribution in [-0.4, -0.2) is 97.7 Å². The minimum atomic E-state index is 0.0620. The van der Waals surface area contributed by atoms with Gasteiger partial charge in [0.2, 0.25) is 0 Å². The maximum atomic E-state index is 5.62. The van der Waals surface area contributed by atoms with Gasteiger partial charge in [-0.1, -0.05) is 6.42 Å². The number of ether oxygens (including phenoxy) is 1. The number of rotatable bonds is 3. The lowest BCUT2D eigenvalue weighted by Crippen LogP contribution is -2.80. The summed E-state index contributed by atoms with van der Waals surface area (Å²) < 4.78 is 5.62. The standard InChI is InChI=1S/C17H33N5O/c1-2-7-19(8-3-1)17(20-9-4-5-10-20)16-18-6-11-22(17)21-12-14-23-15-13-21/h18H,1-16H2. The van der Waals surface area contributed by atoms with E-state index in [4.69, 9.17) is 4.74 Å². The number of hydrogen-bond acceptors (Lipinski definition) is 6. The number of likely N-dealkylation sites (tertiary alicyclic amines) is 2. The molecule has 4 heterocycles. The van der Waals surface area contributed by atoms with Gasteiger partial charge in [0.05, 0.1) is 13.2 Å². The molecule has 0 aromatic heterocycles. The first-order valence-electron chi connectivity index (χ1n) is 9.72. The molecule has 0 aliphatic carbocycles. The molecule has 6 nitrogen and oxygen atoms in total. The fourth-order valence-electron chi connectivity index (χ4n) is 4.95. The molecule has 0 radical (unpaired) electrons. The highest BCUT2D eigenvalue weighted by molar-refractivity contribution is 4.97. The molecule has 0 amide bonds. The number of nitrogens with one attached hydrogen (secondary N) is 1. The first-order chi connectivity index (χ1) is 11.4. The third kappa shape index (κ3) is 3.05. The number of hydrogen-bond donors (Lipinski definition) is 1. The van der Waals surface area contributed by atoms with Crippen molar-refractivity contribution in [3.8, 4) is 0 Å². The predicted molar refractivity (Wildman–Crippen MR) is 90.9 cm³/mol. The summed E-state index contributed by atoms with van der Waals surface area (Å²) in [7, 11) is 0. The number of piperazine rings is 1. The van der Waals surface area contributed by atoms with Gasteiger partial charge in [0.25, 0.3) is 0 Å². The van der Waals surface area contributed by atoms with Crippen LogP contribution in [-0.2, 0) is 4.74 Å². The zero-order valence-electron chi connectivity index (χ0n) is 14.5. The van der Waals surface area contributed by atoms with Crippen LogP contribution >= 0.6 is 0 Å². The Kier molecular flexibility index (Phi) is 5.18. The Balaban J connectivity index is 1.64. The topological polar surface area (TPSA) is 34.2 Å². The van der Waals surface area contributed by atoms with E-state index in [2.05, 4.69) is 25.1 Å². The average molecular weight is 323 g/mol. The molecule has 4 rings (SSSR count). The van der Waals surface area contributed by atoms with Crippen molar-refractivity contribution in [1.82, 2.24) is 25.1 Å². The molecule has 0 bridgehead atoms. The molecule has 132 valence electrons. The average Bonchev–Trinajstić information content (AvgIpc) is 3.18. The van der Waals surface area contributed by atoms with Gasteiger partial charge in [0.15, 0.2) is 5.79 Å². The predicted octanol–water partition coefficient (Wildman–Crippen LogP) is 0.374. The third-order valence-electron chi connectivity index (χ3n) is 6.08. The highest BCUT2D eigenvalue weighted by atomic mass is 16.5. The Morgan fingerprint density at radius 2 is 1.30 bits per heavy atom. The van der Waals surface area contributed by atoms with Crippen LogP contribution in [0.15, 0.2) is 0 Å². The molecule has 1 atom stereocenters. The minimum absolute atomic E-state index is 0.0620. The van der Waals surface area contributed by atoms with Crippen molar-refractivity contribution < 1.29 is 4.74 Å². The van der Waals surface area contributed by atoms with Gasteiger partial charge in [-0.2, -0.15) is 0 Å². The van der Waals surface area contributed by atoms with Crippen LogP contribution in [0.4, 0.5) is 0 Å². The summed E-state index contributed by atoms with van der Waals surface area (Å²) in [5.41, 5.74) is 0. The van der Waals surface area contributed by atoms with E-state index in [1.807, 2.05) is 0 Å². The van der Waals surface area contributed by atoms with Crippen LogP contribution in [0.1, 0.15) is 32.1 Å². The van der Waals surface area contributed by atoms with E-state index in [-0.39, 0.29) is 5.79 Å². The largest absolute Gasteiger partial charge is 0.379 e. The molecule has 4 aliphatic heterocycles. The lowest BCUT2D eigenvalue weighted by Gasteiger charge is -2.61. The SMILES string of the molecule is C1CCN(C2(N3CCCC3)CNCCN2N2CCOCC2)CC1. The van der Waals surface area contributed by atoms with Crippen LogP contribution in [0.2, 0.25) is 0 Å². The van der Waals surface area contributed by atoms with Gasteiger partial charge in [-0.05, 0) is 25.7 Å².